The molecule has 31 heteroatoms. The lowest BCUT2D eigenvalue weighted by atomic mass is 10.1. The zero-order valence-corrected chi connectivity index (χ0v) is 62.7. The molecule has 0 saturated heterocycles. The Hall–Kier alpha value is -5.97. The number of hydrogen-bond donors (Lipinski definition) is 8. The second-order valence-corrected chi connectivity index (χ2v) is 31.3. The van der Waals surface area contributed by atoms with E-state index in [9.17, 15) is 38.4 Å². The van der Waals surface area contributed by atoms with Crippen molar-refractivity contribution in [3.8, 4) is 0 Å². The second kappa shape index (κ2) is 65.6. The molecule has 0 aromatic heterocycles. The third-order valence-corrected chi connectivity index (χ3v) is 18.9. The predicted molar refractivity (Wildman–Crippen MR) is 377 cm³/mol. The normalized spacial score (nSPS) is 11.2. The number of rotatable bonds is 67. The topological polar surface area (TPSA) is 353 Å². The van der Waals surface area contributed by atoms with Crippen LogP contribution >= 0.6 is 0 Å². The first-order chi connectivity index (χ1) is 47.2. The monoisotopic (exact) mass is 1440 g/mol. The van der Waals surface area contributed by atoms with E-state index in [0.29, 0.717) is 64.7 Å². The zero-order chi connectivity index (χ0) is 72.3. The summed E-state index contributed by atoms with van der Waals surface area (Å²) in [6.45, 7) is 26.1. The number of esters is 2. The van der Waals surface area contributed by atoms with Crippen molar-refractivity contribution in [1.29, 1.82) is 0 Å². The summed E-state index contributed by atoms with van der Waals surface area (Å²) in [5.74, 6) is -0.229. The predicted octanol–water partition coefficient (Wildman–Crippen LogP) is 10.2. The number of nitrogens with one attached hydrogen (secondary N) is 8. The van der Waals surface area contributed by atoms with Gasteiger partial charge in [0.05, 0.1) is 35.1 Å². The number of allylic oxidation sites excluding steroid dienone is 1. The van der Waals surface area contributed by atoms with Crippen LogP contribution in [0.15, 0.2) is 24.5 Å². The molecule has 0 aliphatic heterocycles. The van der Waals surface area contributed by atoms with E-state index in [-0.39, 0.29) is 105 Å². The Balaban J connectivity index is 3.59. The lowest BCUT2D eigenvalue weighted by Gasteiger charge is -2.35. The number of ether oxygens (including phenoxy) is 10. The van der Waals surface area contributed by atoms with Gasteiger partial charge in [-0.05, 0) is 144 Å². The van der Waals surface area contributed by atoms with Gasteiger partial charge in [-0.1, -0.05) is 96.3 Å². The third-order valence-electron chi connectivity index (χ3n) is 14.3. The van der Waals surface area contributed by atoms with E-state index in [1.807, 2.05) is 0 Å². The van der Waals surface area contributed by atoms with Crippen molar-refractivity contribution < 1.29 is 99.9 Å². The van der Waals surface area contributed by atoms with Crippen LogP contribution in [0.5, 0.6) is 0 Å². The van der Waals surface area contributed by atoms with E-state index in [1.165, 1.54) is 0 Å². The quantitative estimate of drug-likeness (QED) is 0.00323. The molecular weight excluding hydrogens is 1310 g/mol. The largest absolute Gasteiger partial charge is 0.473 e. The molecule has 0 unspecified atom stereocenters. The molecule has 0 aliphatic rings. The van der Waals surface area contributed by atoms with E-state index in [4.69, 9.17) is 61.6 Å². The van der Waals surface area contributed by atoms with Gasteiger partial charge in [-0.2, -0.15) is 0 Å². The van der Waals surface area contributed by atoms with Gasteiger partial charge in [0.2, 0.25) is 0 Å². The van der Waals surface area contributed by atoms with Gasteiger partial charge in [0.1, 0.15) is 53.0 Å². The van der Waals surface area contributed by atoms with E-state index in [1.54, 1.807) is 13.8 Å². The molecule has 0 saturated carbocycles. The highest BCUT2D eigenvalue weighted by Gasteiger charge is 2.31. The maximum Gasteiger partial charge on any atom is 0.407 e. The fourth-order valence-corrected chi connectivity index (χ4v) is 14.0. The Labute approximate surface area is 588 Å². The lowest BCUT2D eigenvalue weighted by Crippen LogP contribution is -2.44. The first-order valence-electron chi connectivity index (χ1n) is 35.7. The Morgan fingerprint density at radius 1 is 0.378 bits per heavy atom. The molecule has 29 nitrogen and oxygen atoms in total. The lowest BCUT2D eigenvalue weighted by molar-refractivity contribution is -0.302. The molecular formula is C67H127N8O21Si2. The van der Waals surface area contributed by atoms with Crippen molar-refractivity contribution in [2.45, 2.75) is 219 Å². The summed E-state index contributed by atoms with van der Waals surface area (Å²) in [5.41, 5.74) is 0.289. The highest BCUT2D eigenvalue weighted by Crippen LogP contribution is 2.23. The molecule has 1 radical (unpaired) electrons. The van der Waals surface area contributed by atoms with Crippen LogP contribution in [0.4, 0.5) is 28.8 Å². The highest BCUT2D eigenvalue weighted by atomic mass is 28.4. The van der Waals surface area contributed by atoms with Gasteiger partial charge in [0, 0.05) is 56.5 Å². The molecule has 0 heterocycles. The first kappa shape index (κ1) is 92.0. The van der Waals surface area contributed by atoms with Crippen molar-refractivity contribution in [2.75, 3.05) is 138 Å². The molecule has 0 aromatic carbocycles. The minimum absolute atomic E-state index is 0.0148. The third kappa shape index (κ3) is 68.6. The molecule has 8 N–H and O–H groups in total. The summed E-state index contributed by atoms with van der Waals surface area (Å²) in [6.07, 6.45) is 19.6. The number of carbonyl (C=O) groups excluding carboxylic acids is 8. The summed E-state index contributed by atoms with van der Waals surface area (Å²) in [5, 5.41) is 22.8. The standard InChI is InChI=1S/C67H127N8O21Si2/c1-57(2)60(77)86-47-48-90-64(81)74-40-27-18-16-23-36-69-55-95-94-52-51-85-59(76)33-21-30-35-68-34-22-15-17-26-39-71-62(79)88-44-32-54-98(7,8)96-67(5,6)97-53-31-43-87-61(78)70-37-24-13-11-9-10-12-14-25-38-73-65(82)91-49-50-92-66(83)75-42-29-20-19-28-41-72-63(80)89-46-45-84-56-93-58(3)4/h68-69,97H,1,3,9-56H2,2,4-8H3,(H,70,78)(H,71,79)(H,72,80)(H,73,82)(H,74,81)(H,75,83). The van der Waals surface area contributed by atoms with Crippen LogP contribution in [-0.4, -0.2) is 210 Å². The average molecular weight is 1440 g/mol. The number of unbranched alkanes of at least 4 members (excludes halogenated alkanes) is 17. The maximum absolute atomic E-state index is 12.3. The van der Waals surface area contributed by atoms with Gasteiger partial charge in [0.15, 0.2) is 15.1 Å². The molecule has 0 aromatic rings. The maximum atomic E-state index is 12.3. The van der Waals surface area contributed by atoms with Crippen LogP contribution < -0.4 is 42.5 Å². The summed E-state index contributed by atoms with van der Waals surface area (Å²) in [4.78, 5) is 105. The van der Waals surface area contributed by atoms with Gasteiger partial charge in [-0.3, -0.25) is 10.1 Å². The molecule has 0 fully saturated rings. The molecule has 0 bridgehead atoms. The zero-order valence-electron chi connectivity index (χ0n) is 60.5. The number of amides is 6. The van der Waals surface area contributed by atoms with Crippen molar-refractivity contribution in [3.05, 3.63) is 24.5 Å². The molecule has 0 spiro atoms. The molecule has 6 amide bonds. The summed E-state index contributed by atoms with van der Waals surface area (Å²) in [7, 11) is -2.03. The second-order valence-electron chi connectivity index (χ2n) is 24.7. The number of hydrogen-bond acceptors (Lipinski definition) is 23. The molecule has 0 rings (SSSR count). The van der Waals surface area contributed by atoms with Gasteiger partial charge in [0.25, 0.3) is 0 Å². The van der Waals surface area contributed by atoms with Gasteiger partial charge < -0.3 is 89.0 Å². The van der Waals surface area contributed by atoms with E-state index >= 15 is 0 Å². The van der Waals surface area contributed by atoms with Gasteiger partial charge >= 0.3 is 48.5 Å². The van der Waals surface area contributed by atoms with Crippen LogP contribution in [0.2, 0.25) is 25.2 Å². The van der Waals surface area contributed by atoms with Crippen LogP contribution in [0.1, 0.15) is 188 Å². The van der Waals surface area contributed by atoms with Crippen molar-refractivity contribution in [3.63, 3.8) is 0 Å². The molecule has 569 valence electrons. The molecule has 0 aliphatic carbocycles. The van der Waals surface area contributed by atoms with E-state index in [0.717, 1.165) is 186 Å². The van der Waals surface area contributed by atoms with Crippen LogP contribution in [0.25, 0.3) is 0 Å². The first-order valence-corrected chi connectivity index (χ1v) is 40.2. The van der Waals surface area contributed by atoms with E-state index in [2.05, 4.69) is 82.6 Å². The van der Waals surface area contributed by atoms with Gasteiger partial charge in [-0.25, -0.2) is 43.3 Å². The smallest absolute Gasteiger partial charge is 0.407 e. The highest BCUT2D eigenvalue weighted by molar-refractivity contribution is 6.71. The van der Waals surface area contributed by atoms with Crippen LogP contribution in [0, 0.1) is 0 Å². The summed E-state index contributed by atoms with van der Waals surface area (Å²) >= 11 is 0. The Bertz CT molecular complexity index is 2110. The fourth-order valence-electron chi connectivity index (χ4n) is 9.16. The number of alkyl carbamates (subject to hydrolysis) is 6. The van der Waals surface area contributed by atoms with Crippen molar-refractivity contribution >= 4 is 66.3 Å². The Morgan fingerprint density at radius 3 is 1.16 bits per heavy atom. The van der Waals surface area contributed by atoms with Crippen LogP contribution in [0.3, 0.4) is 0 Å². The minimum atomic E-state index is -2.01. The SMILES string of the molecule is C=C(C)OCOCCOC(=O)NCCCCCCNC(=O)OCCOC(=O)NCCCCCCCCCCNC(=O)OCCC[SiH]C(C)(C)O[Si](C)(C)CCCOC(=O)NCCCCCCNCCCCC(=O)OCCOOCNCCCCCCNC(=O)OCCOC(=O)C(=C)C. The summed E-state index contributed by atoms with van der Waals surface area (Å²) < 4.78 is 57.9. The van der Waals surface area contributed by atoms with Crippen molar-refractivity contribution in [1.82, 2.24) is 42.5 Å². The van der Waals surface area contributed by atoms with Crippen molar-refractivity contribution in [2.24, 2.45) is 0 Å². The van der Waals surface area contributed by atoms with Gasteiger partial charge in [-0.15, -0.1) is 0 Å². The Kier molecular flexibility index (Phi) is 61.6. The molecule has 0 atom stereocenters. The van der Waals surface area contributed by atoms with Crippen LogP contribution in [-0.2, 0) is 71.2 Å². The summed E-state index contributed by atoms with van der Waals surface area (Å²) in [6, 6.07) is 1.83. The molecule has 98 heavy (non-hydrogen) atoms. The average Bonchev–Trinajstić information content (AvgIpc) is 0.892. The van der Waals surface area contributed by atoms with E-state index < -0.39 is 38.7 Å². The fraction of sp³-hybridized carbons (Fsp3) is 0.821. The minimum Gasteiger partial charge on any atom is -0.473 e. The Morgan fingerprint density at radius 2 is 0.735 bits per heavy atom. The number of carbonyl (C=O) groups is 8.